The lowest BCUT2D eigenvalue weighted by molar-refractivity contribution is -0.136. The number of aromatic amines is 1. The molecule has 1 aliphatic rings. The third-order valence-corrected chi connectivity index (χ3v) is 5.76. The van der Waals surface area contributed by atoms with E-state index < -0.39 is 6.04 Å². The van der Waals surface area contributed by atoms with Crippen molar-refractivity contribution in [3.63, 3.8) is 0 Å². The molecule has 2 heterocycles. The van der Waals surface area contributed by atoms with Crippen LogP contribution in [0.15, 0.2) is 42.5 Å². The van der Waals surface area contributed by atoms with Gasteiger partial charge in [-0.2, -0.15) is 0 Å². The molecule has 0 saturated carbocycles. The van der Waals surface area contributed by atoms with E-state index in [-0.39, 0.29) is 11.8 Å². The minimum Gasteiger partial charge on any atom is -0.357 e. The fraction of sp³-hybridized carbons (Fsp3) is 0.273. The molecule has 150 valence electrons. The summed E-state index contributed by atoms with van der Waals surface area (Å²) < 4.78 is 0. The number of fused-ring (bicyclic) bond motifs is 3. The maximum absolute atomic E-state index is 13.2. The molecule has 1 atom stereocenters. The van der Waals surface area contributed by atoms with E-state index in [0.717, 1.165) is 28.6 Å². The summed E-state index contributed by atoms with van der Waals surface area (Å²) in [4.78, 5) is 30.2. The smallest absolute Gasteiger partial charge is 0.245 e. The van der Waals surface area contributed by atoms with Crippen molar-refractivity contribution in [1.29, 1.82) is 0 Å². The van der Waals surface area contributed by atoms with Crippen molar-refractivity contribution in [2.24, 2.45) is 0 Å². The summed E-state index contributed by atoms with van der Waals surface area (Å²) in [6, 6.07) is 12.5. The molecule has 7 heteroatoms. The summed E-state index contributed by atoms with van der Waals surface area (Å²) in [7, 11) is 0. The highest BCUT2D eigenvalue weighted by Crippen LogP contribution is 2.30. The van der Waals surface area contributed by atoms with Crippen molar-refractivity contribution in [2.45, 2.75) is 32.4 Å². The number of benzene rings is 2. The van der Waals surface area contributed by atoms with Gasteiger partial charge in [0, 0.05) is 46.5 Å². The summed E-state index contributed by atoms with van der Waals surface area (Å²) in [5, 5.41) is 5.26. The highest BCUT2D eigenvalue weighted by atomic mass is 35.5. The van der Waals surface area contributed by atoms with E-state index >= 15 is 0 Å². The van der Waals surface area contributed by atoms with Crippen LogP contribution in [0.2, 0.25) is 10.0 Å². The van der Waals surface area contributed by atoms with E-state index in [2.05, 4.69) is 10.3 Å². The SMILES string of the molecule is CC(=O)NC(Cc1ccc(Cl)cc1)C(=O)N1CCc2c([nH]c3ccc(Cl)cc23)C1. The van der Waals surface area contributed by atoms with E-state index in [9.17, 15) is 9.59 Å². The zero-order chi connectivity index (χ0) is 20.5. The van der Waals surface area contributed by atoms with Gasteiger partial charge in [0.2, 0.25) is 11.8 Å². The number of H-pyrrole nitrogens is 1. The number of aromatic nitrogens is 1. The Labute approximate surface area is 179 Å². The van der Waals surface area contributed by atoms with Crippen LogP contribution >= 0.6 is 23.2 Å². The lowest BCUT2D eigenvalue weighted by Gasteiger charge is -2.31. The first-order valence-electron chi connectivity index (χ1n) is 9.50. The van der Waals surface area contributed by atoms with Crippen molar-refractivity contribution in [1.82, 2.24) is 15.2 Å². The molecule has 2 aromatic carbocycles. The van der Waals surface area contributed by atoms with Gasteiger partial charge < -0.3 is 15.2 Å². The number of amides is 2. The van der Waals surface area contributed by atoms with Crippen molar-refractivity contribution in [3.05, 3.63) is 69.3 Å². The van der Waals surface area contributed by atoms with Crippen LogP contribution in [-0.4, -0.2) is 34.3 Å². The molecule has 1 aliphatic heterocycles. The topological polar surface area (TPSA) is 65.2 Å². The van der Waals surface area contributed by atoms with Crippen LogP contribution in [0, 0.1) is 0 Å². The molecule has 2 N–H and O–H groups in total. The molecule has 29 heavy (non-hydrogen) atoms. The highest BCUT2D eigenvalue weighted by Gasteiger charge is 2.29. The van der Waals surface area contributed by atoms with E-state index in [0.29, 0.717) is 29.6 Å². The van der Waals surface area contributed by atoms with Gasteiger partial charge in [0.05, 0.1) is 6.54 Å². The highest BCUT2D eigenvalue weighted by molar-refractivity contribution is 6.31. The van der Waals surface area contributed by atoms with Gasteiger partial charge in [-0.1, -0.05) is 35.3 Å². The first-order chi connectivity index (χ1) is 13.9. The predicted octanol–water partition coefficient (Wildman–Crippen LogP) is 4.11. The average Bonchev–Trinajstić information content (AvgIpc) is 3.05. The zero-order valence-electron chi connectivity index (χ0n) is 16.0. The van der Waals surface area contributed by atoms with Gasteiger partial charge in [0.15, 0.2) is 0 Å². The van der Waals surface area contributed by atoms with Gasteiger partial charge >= 0.3 is 0 Å². The second-order valence-electron chi connectivity index (χ2n) is 7.37. The third kappa shape index (κ3) is 4.26. The Hall–Kier alpha value is -2.50. The van der Waals surface area contributed by atoms with Crippen LogP contribution in [0.3, 0.4) is 0 Å². The molecule has 0 bridgehead atoms. The van der Waals surface area contributed by atoms with Gasteiger partial charge in [-0.15, -0.1) is 0 Å². The summed E-state index contributed by atoms with van der Waals surface area (Å²) in [6.45, 7) is 2.51. The van der Waals surface area contributed by atoms with Crippen molar-refractivity contribution in [2.75, 3.05) is 6.54 Å². The Morgan fingerprint density at radius 3 is 2.59 bits per heavy atom. The molecule has 0 aliphatic carbocycles. The van der Waals surface area contributed by atoms with E-state index in [1.807, 2.05) is 30.3 Å². The van der Waals surface area contributed by atoms with Crippen molar-refractivity contribution < 1.29 is 9.59 Å². The van der Waals surface area contributed by atoms with Gasteiger partial charge in [-0.05, 0) is 47.9 Å². The Morgan fingerprint density at radius 1 is 1.14 bits per heavy atom. The minimum absolute atomic E-state index is 0.0857. The zero-order valence-corrected chi connectivity index (χ0v) is 17.5. The first-order valence-corrected chi connectivity index (χ1v) is 10.3. The quantitative estimate of drug-likeness (QED) is 0.655. The van der Waals surface area contributed by atoms with Crippen LogP contribution in [0.1, 0.15) is 23.7 Å². The summed E-state index contributed by atoms with van der Waals surface area (Å²) in [5.41, 5.74) is 4.20. The molecule has 2 amide bonds. The van der Waals surface area contributed by atoms with Gasteiger partial charge in [0.25, 0.3) is 0 Å². The lowest BCUT2D eigenvalue weighted by atomic mass is 10.0. The molecule has 0 spiro atoms. The van der Waals surface area contributed by atoms with Crippen LogP contribution < -0.4 is 5.32 Å². The molecule has 1 unspecified atom stereocenters. The summed E-state index contributed by atoms with van der Waals surface area (Å²) in [6.07, 6.45) is 1.16. The van der Waals surface area contributed by atoms with Crippen LogP contribution in [0.5, 0.6) is 0 Å². The largest absolute Gasteiger partial charge is 0.357 e. The number of nitrogens with one attached hydrogen (secondary N) is 2. The van der Waals surface area contributed by atoms with Gasteiger partial charge in [0.1, 0.15) is 6.04 Å². The van der Waals surface area contributed by atoms with Gasteiger partial charge in [-0.25, -0.2) is 0 Å². The number of carbonyl (C=O) groups is 2. The van der Waals surface area contributed by atoms with Crippen LogP contribution in [-0.2, 0) is 29.0 Å². The monoisotopic (exact) mass is 429 g/mol. The average molecular weight is 430 g/mol. The number of carbonyl (C=O) groups excluding carboxylic acids is 2. The Balaban J connectivity index is 1.55. The molecule has 0 radical (unpaired) electrons. The fourth-order valence-corrected chi connectivity index (χ4v) is 4.22. The van der Waals surface area contributed by atoms with Gasteiger partial charge in [-0.3, -0.25) is 9.59 Å². The summed E-state index contributed by atoms with van der Waals surface area (Å²) >= 11 is 12.1. The molecular formula is C22H21Cl2N3O2. The minimum atomic E-state index is -0.617. The fourth-order valence-electron chi connectivity index (χ4n) is 3.92. The second-order valence-corrected chi connectivity index (χ2v) is 8.24. The molecule has 3 aromatic rings. The number of nitrogens with zero attached hydrogens (tertiary/aromatic N) is 1. The molecule has 1 aromatic heterocycles. The number of hydrogen-bond donors (Lipinski definition) is 2. The number of halogens is 2. The number of rotatable bonds is 4. The molecule has 0 fully saturated rings. The predicted molar refractivity (Wildman–Crippen MR) is 115 cm³/mol. The lowest BCUT2D eigenvalue weighted by Crippen LogP contribution is -2.50. The van der Waals surface area contributed by atoms with Crippen molar-refractivity contribution >= 4 is 45.9 Å². The maximum Gasteiger partial charge on any atom is 0.245 e. The van der Waals surface area contributed by atoms with Crippen LogP contribution in [0.4, 0.5) is 0 Å². The van der Waals surface area contributed by atoms with Crippen LogP contribution in [0.25, 0.3) is 10.9 Å². The van der Waals surface area contributed by atoms with Crippen molar-refractivity contribution in [3.8, 4) is 0 Å². The third-order valence-electron chi connectivity index (χ3n) is 5.28. The number of hydrogen-bond acceptors (Lipinski definition) is 2. The van der Waals surface area contributed by atoms with E-state index in [1.54, 1.807) is 17.0 Å². The standard InChI is InChI=1S/C22H21Cl2N3O2/c1-13(28)25-20(10-14-2-4-15(23)5-3-14)22(29)27-9-8-17-18-11-16(24)6-7-19(18)26-21(17)12-27/h2-7,11,20,26H,8-10,12H2,1H3,(H,25,28). The van der Waals surface area contributed by atoms with E-state index in [1.165, 1.54) is 12.5 Å². The Kier molecular flexibility index (Phi) is 5.52. The maximum atomic E-state index is 13.2. The molecule has 5 nitrogen and oxygen atoms in total. The Morgan fingerprint density at radius 2 is 1.86 bits per heavy atom. The Bertz CT molecular complexity index is 1080. The van der Waals surface area contributed by atoms with E-state index in [4.69, 9.17) is 23.2 Å². The molecule has 4 rings (SSSR count). The summed E-state index contributed by atoms with van der Waals surface area (Å²) in [5.74, 6) is -0.312. The first kappa shape index (κ1) is 19.8. The molecular weight excluding hydrogens is 409 g/mol. The molecule has 0 saturated heterocycles. The normalized spacial score (nSPS) is 14.5. The second kappa shape index (κ2) is 8.09.